The Bertz CT molecular complexity index is 510. The average Bonchev–Trinajstić information content (AvgIpc) is 2.71. The van der Waals surface area contributed by atoms with E-state index in [0.717, 1.165) is 11.3 Å². The maximum absolute atomic E-state index is 10.8. The Balaban J connectivity index is 2.52. The number of aromatic carboxylic acids is 1. The van der Waals surface area contributed by atoms with Crippen LogP contribution in [0, 0.1) is 6.92 Å². The lowest BCUT2D eigenvalue weighted by atomic mass is 10.2. The molecule has 2 aromatic heterocycles. The fraction of sp³-hybridized carbons (Fsp3) is 0.200. The Kier molecular flexibility index (Phi) is 2.07. The van der Waals surface area contributed by atoms with E-state index >= 15 is 0 Å². The third kappa shape index (κ3) is 1.52. The first-order valence-electron chi connectivity index (χ1n) is 4.41. The van der Waals surface area contributed by atoms with Gasteiger partial charge in [-0.25, -0.2) is 4.79 Å². The maximum atomic E-state index is 10.8. The first-order valence-corrected chi connectivity index (χ1v) is 4.41. The quantitative estimate of drug-likeness (QED) is 0.811. The number of nitrogens with zero attached hydrogens (tertiary/aromatic N) is 2. The largest absolute Gasteiger partial charge is 0.477 e. The molecule has 0 unspecified atom stereocenters. The summed E-state index contributed by atoms with van der Waals surface area (Å²) < 4.78 is 6.47. The van der Waals surface area contributed by atoms with Crippen molar-refractivity contribution in [2.45, 2.75) is 6.92 Å². The van der Waals surface area contributed by atoms with E-state index in [1.54, 1.807) is 19.4 Å². The van der Waals surface area contributed by atoms with Gasteiger partial charge in [0.1, 0.15) is 11.5 Å². The molecule has 2 heterocycles. The van der Waals surface area contributed by atoms with Crippen molar-refractivity contribution in [1.82, 2.24) is 9.78 Å². The zero-order valence-corrected chi connectivity index (χ0v) is 8.39. The number of carboxylic acid groups (broad SMARTS) is 1. The molecule has 0 saturated heterocycles. The Hall–Kier alpha value is -2.04. The van der Waals surface area contributed by atoms with Gasteiger partial charge in [0.05, 0.1) is 12.0 Å². The van der Waals surface area contributed by atoms with Gasteiger partial charge in [0.2, 0.25) is 0 Å². The SMILES string of the molecule is Cc1occc1-c1cc(C(=O)O)n(C)n1. The van der Waals surface area contributed by atoms with Crippen LogP contribution in [0.25, 0.3) is 11.3 Å². The van der Waals surface area contributed by atoms with Crippen LogP contribution in [0.3, 0.4) is 0 Å². The van der Waals surface area contributed by atoms with Crippen molar-refractivity contribution in [3.05, 3.63) is 29.9 Å². The van der Waals surface area contributed by atoms with Crippen molar-refractivity contribution in [3.8, 4) is 11.3 Å². The predicted octanol–water partition coefficient (Wildman–Crippen LogP) is 1.69. The van der Waals surface area contributed by atoms with E-state index in [9.17, 15) is 4.79 Å². The molecule has 0 atom stereocenters. The molecular weight excluding hydrogens is 196 g/mol. The van der Waals surface area contributed by atoms with Gasteiger partial charge in [-0.15, -0.1) is 0 Å². The molecule has 2 aromatic rings. The molecule has 0 radical (unpaired) electrons. The standard InChI is InChI=1S/C10H10N2O3/c1-6-7(3-4-15-6)8-5-9(10(13)14)12(2)11-8/h3-5H,1-2H3,(H,13,14). The van der Waals surface area contributed by atoms with Crippen LogP contribution in [-0.2, 0) is 7.05 Å². The van der Waals surface area contributed by atoms with E-state index in [1.165, 1.54) is 10.7 Å². The lowest BCUT2D eigenvalue weighted by Crippen LogP contribution is -2.04. The topological polar surface area (TPSA) is 68.3 Å². The number of carboxylic acids is 1. The number of hydrogen-bond acceptors (Lipinski definition) is 3. The van der Waals surface area contributed by atoms with Crippen molar-refractivity contribution in [1.29, 1.82) is 0 Å². The molecule has 5 heteroatoms. The molecule has 0 spiro atoms. The van der Waals surface area contributed by atoms with Gasteiger partial charge in [-0.3, -0.25) is 4.68 Å². The molecule has 0 aromatic carbocycles. The molecule has 15 heavy (non-hydrogen) atoms. The second-order valence-electron chi connectivity index (χ2n) is 3.23. The van der Waals surface area contributed by atoms with Crippen LogP contribution in [-0.4, -0.2) is 20.9 Å². The number of carbonyl (C=O) groups is 1. The first-order chi connectivity index (χ1) is 7.09. The van der Waals surface area contributed by atoms with Crippen molar-refractivity contribution < 1.29 is 14.3 Å². The van der Waals surface area contributed by atoms with E-state index < -0.39 is 5.97 Å². The summed E-state index contributed by atoms with van der Waals surface area (Å²) in [5.74, 6) is -0.262. The molecule has 0 bridgehead atoms. The monoisotopic (exact) mass is 206 g/mol. The Morgan fingerprint density at radius 3 is 2.80 bits per heavy atom. The fourth-order valence-corrected chi connectivity index (χ4v) is 1.45. The summed E-state index contributed by atoms with van der Waals surface area (Å²) in [7, 11) is 1.60. The molecular formula is C10H10N2O3. The molecule has 0 aliphatic carbocycles. The summed E-state index contributed by atoms with van der Waals surface area (Å²) in [6.45, 7) is 1.81. The highest BCUT2D eigenvalue weighted by molar-refractivity contribution is 5.87. The first kappa shape index (κ1) is 9.51. The number of aromatic nitrogens is 2. The van der Waals surface area contributed by atoms with Gasteiger partial charge < -0.3 is 9.52 Å². The van der Waals surface area contributed by atoms with Crippen molar-refractivity contribution in [3.63, 3.8) is 0 Å². The molecule has 0 saturated carbocycles. The van der Waals surface area contributed by atoms with Crippen LogP contribution in [0.4, 0.5) is 0 Å². The van der Waals surface area contributed by atoms with Gasteiger partial charge in [-0.05, 0) is 19.1 Å². The highest BCUT2D eigenvalue weighted by Crippen LogP contribution is 2.23. The van der Waals surface area contributed by atoms with Crippen LogP contribution in [0.15, 0.2) is 22.8 Å². The Morgan fingerprint density at radius 2 is 2.33 bits per heavy atom. The lowest BCUT2D eigenvalue weighted by Gasteiger charge is -1.92. The average molecular weight is 206 g/mol. The summed E-state index contributed by atoms with van der Waals surface area (Å²) in [5.41, 5.74) is 1.59. The van der Waals surface area contributed by atoms with Gasteiger partial charge in [0.25, 0.3) is 0 Å². The van der Waals surface area contributed by atoms with Crippen molar-refractivity contribution >= 4 is 5.97 Å². The van der Waals surface area contributed by atoms with Crippen LogP contribution >= 0.6 is 0 Å². The molecule has 2 rings (SSSR count). The minimum atomic E-state index is -0.989. The molecule has 1 N–H and O–H groups in total. The van der Waals surface area contributed by atoms with Gasteiger partial charge in [0.15, 0.2) is 0 Å². The maximum Gasteiger partial charge on any atom is 0.354 e. The highest BCUT2D eigenvalue weighted by Gasteiger charge is 2.14. The second-order valence-corrected chi connectivity index (χ2v) is 3.23. The minimum Gasteiger partial charge on any atom is -0.477 e. The van der Waals surface area contributed by atoms with Gasteiger partial charge >= 0.3 is 5.97 Å². The van der Waals surface area contributed by atoms with E-state index in [2.05, 4.69) is 5.10 Å². The molecule has 0 fully saturated rings. The van der Waals surface area contributed by atoms with Gasteiger partial charge in [0, 0.05) is 12.6 Å². The summed E-state index contributed by atoms with van der Waals surface area (Å²) >= 11 is 0. The zero-order valence-electron chi connectivity index (χ0n) is 8.39. The fourth-order valence-electron chi connectivity index (χ4n) is 1.45. The van der Waals surface area contributed by atoms with E-state index in [1.807, 2.05) is 6.92 Å². The molecule has 0 aliphatic heterocycles. The number of rotatable bonds is 2. The van der Waals surface area contributed by atoms with Crippen molar-refractivity contribution in [2.24, 2.45) is 7.05 Å². The third-order valence-corrected chi connectivity index (χ3v) is 2.23. The normalized spacial score (nSPS) is 10.5. The summed E-state index contributed by atoms with van der Waals surface area (Å²) in [4.78, 5) is 10.8. The highest BCUT2D eigenvalue weighted by atomic mass is 16.4. The van der Waals surface area contributed by atoms with Gasteiger partial charge in [-0.1, -0.05) is 0 Å². The third-order valence-electron chi connectivity index (χ3n) is 2.23. The number of aryl methyl sites for hydroxylation is 2. The van der Waals surface area contributed by atoms with Crippen LogP contribution in [0.5, 0.6) is 0 Å². The van der Waals surface area contributed by atoms with Crippen LogP contribution < -0.4 is 0 Å². The molecule has 0 aliphatic rings. The summed E-state index contributed by atoms with van der Waals surface area (Å²) in [6.07, 6.45) is 1.56. The Morgan fingerprint density at radius 1 is 1.60 bits per heavy atom. The van der Waals surface area contributed by atoms with Crippen LogP contribution in [0.1, 0.15) is 16.2 Å². The molecule has 78 valence electrons. The Labute approximate surface area is 85.9 Å². The van der Waals surface area contributed by atoms with E-state index in [-0.39, 0.29) is 5.69 Å². The van der Waals surface area contributed by atoms with E-state index in [0.29, 0.717) is 5.69 Å². The lowest BCUT2D eigenvalue weighted by molar-refractivity contribution is 0.0685. The van der Waals surface area contributed by atoms with Crippen LogP contribution in [0.2, 0.25) is 0 Å². The minimum absolute atomic E-state index is 0.158. The van der Waals surface area contributed by atoms with Gasteiger partial charge in [-0.2, -0.15) is 5.10 Å². The van der Waals surface area contributed by atoms with E-state index in [4.69, 9.17) is 9.52 Å². The summed E-state index contributed by atoms with van der Waals surface area (Å²) in [6, 6.07) is 3.30. The predicted molar refractivity (Wildman–Crippen MR) is 52.6 cm³/mol. The second kappa shape index (κ2) is 3.27. The van der Waals surface area contributed by atoms with Crippen molar-refractivity contribution in [2.75, 3.05) is 0 Å². The number of furan rings is 1. The molecule has 5 nitrogen and oxygen atoms in total. The molecule has 0 amide bonds. The smallest absolute Gasteiger partial charge is 0.354 e. The zero-order chi connectivity index (χ0) is 11.0. The summed E-state index contributed by atoms with van der Waals surface area (Å²) in [5, 5.41) is 13.0. The number of hydrogen-bond donors (Lipinski definition) is 1.